The lowest BCUT2D eigenvalue weighted by atomic mass is 10.0. The molecule has 0 saturated carbocycles. The number of hydrogen-bond acceptors (Lipinski definition) is 2. The lowest BCUT2D eigenvalue weighted by Gasteiger charge is -2.31. The third-order valence-electron chi connectivity index (χ3n) is 4.00. The van der Waals surface area contributed by atoms with Crippen LogP contribution < -0.4 is 0 Å². The quantitative estimate of drug-likeness (QED) is 0.847. The van der Waals surface area contributed by atoms with Crippen molar-refractivity contribution < 1.29 is 5.11 Å². The number of aliphatic hydroxyl groups is 1. The van der Waals surface area contributed by atoms with Gasteiger partial charge in [-0.05, 0) is 50.4 Å². The monoisotopic (exact) mass is 359 g/mol. The normalized spacial score (nSPS) is 22.5. The second-order valence-corrected chi connectivity index (χ2v) is 7.12. The van der Waals surface area contributed by atoms with Gasteiger partial charge in [0.1, 0.15) is 0 Å². The summed E-state index contributed by atoms with van der Waals surface area (Å²) in [5.41, 5.74) is 1.17. The van der Waals surface area contributed by atoms with E-state index in [1.54, 1.807) is 0 Å². The molecule has 1 saturated heterocycles. The van der Waals surface area contributed by atoms with Crippen LogP contribution in [0.1, 0.15) is 44.6 Å². The zero-order valence-electron chi connectivity index (χ0n) is 12.0. The maximum atomic E-state index is 9.71. The molecule has 0 spiro atoms. The zero-order valence-corrected chi connectivity index (χ0v) is 14.3. The van der Waals surface area contributed by atoms with Crippen molar-refractivity contribution in [1.29, 1.82) is 0 Å². The number of rotatable bonds is 4. The standard InChI is InChI=1S/C16H23BrClNO/c1-12(20)9-15-5-3-2-4-8-19(15)11-13-6-7-14(17)10-16(13)18/h6-7,10,12,15,20H,2-5,8-9,11H2,1H3. The highest BCUT2D eigenvalue weighted by atomic mass is 79.9. The Hall–Kier alpha value is -0.0900. The molecule has 0 aliphatic carbocycles. The summed E-state index contributed by atoms with van der Waals surface area (Å²) >= 11 is 9.78. The topological polar surface area (TPSA) is 23.5 Å². The van der Waals surface area contributed by atoms with Crippen LogP contribution in [0.15, 0.2) is 22.7 Å². The predicted octanol–water partition coefficient (Wildman–Crippen LogP) is 4.62. The van der Waals surface area contributed by atoms with E-state index in [2.05, 4.69) is 26.9 Å². The Kier molecular flexibility index (Phi) is 6.34. The molecule has 1 heterocycles. The Balaban J connectivity index is 2.10. The molecule has 2 unspecified atom stereocenters. The number of halogens is 2. The first kappa shape index (κ1) is 16.3. The Bertz CT molecular complexity index is 438. The molecule has 2 nitrogen and oxygen atoms in total. The number of aliphatic hydroxyl groups excluding tert-OH is 1. The van der Waals surface area contributed by atoms with Gasteiger partial charge in [-0.15, -0.1) is 0 Å². The van der Waals surface area contributed by atoms with Crippen LogP contribution in [-0.2, 0) is 6.54 Å². The van der Waals surface area contributed by atoms with Gasteiger partial charge in [-0.3, -0.25) is 4.90 Å². The molecule has 2 rings (SSSR count). The smallest absolute Gasteiger partial charge is 0.0527 e. The van der Waals surface area contributed by atoms with Gasteiger partial charge in [0.2, 0.25) is 0 Å². The largest absolute Gasteiger partial charge is 0.393 e. The Labute approximate surface area is 135 Å². The maximum absolute atomic E-state index is 9.71. The van der Waals surface area contributed by atoms with Crippen LogP contribution in [-0.4, -0.2) is 28.7 Å². The molecular formula is C16H23BrClNO. The molecule has 0 radical (unpaired) electrons. The minimum absolute atomic E-state index is 0.235. The first-order valence-corrected chi connectivity index (χ1v) is 8.59. The fourth-order valence-corrected chi connectivity index (χ4v) is 3.71. The summed E-state index contributed by atoms with van der Waals surface area (Å²) < 4.78 is 1.02. The van der Waals surface area contributed by atoms with Crippen molar-refractivity contribution in [2.45, 2.75) is 57.7 Å². The van der Waals surface area contributed by atoms with E-state index in [-0.39, 0.29) is 6.10 Å². The number of benzene rings is 1. The van der Waals surface area contributed by atoms with Crippen LogP contribution in [0.2, 0.25) is 5.02 Å². The van der Waals surface area contributed by atoms with Crippen LogP contribution in [0.4, 0.5) is 0 Å². The van der Waals surface area contributed by atoms with Crippen molar-refractivity contribution in [1.82, 2.24) is 4.90 Å². The van der Waals surface area contributed by atoms with Gasteiger partial charge in [-0.2, -0.15) is 0 Å². The second-order valence-electron chi connectivity index (χ2n) is 5.79. The van der Waals surface area contributed by atoms with E-state index in [0.29, 0.717) is 6.04 Å². The predicted molar refractivity (Wildman–Crippen MR) is 88.1 cm³/mol. The van der Waals surface area contributed by atoms with Gasteiger partial charge in [-0.1, -0.05) is 46.4 Å². The molecule has 1 N–H and O–H groups in total. The van der Waals surface area contributed by atoms with Crippen LogP contribution >= 0.6 is 27.5 Å². The van der Waals surface area contributed by atoms with Crippen molar-refractivity contribution >= 4 is 27.5 Å². The van der Waals surface area contributed by atoms with Crippen LogP contribution in [0, 0.1) is 0 Å². The molecule has 1 aliphatic heterocycles. The fourth-order valence-electron chi connectivity index (χ4n) is 2.97. The third-order valence-corrected chi connectivity index (χ3v) is 4.85. The van der Waals surface area contributed by atoms with E-state index in [1.165, 1.54) is 31.2 Å². The van der Waals surface area contributed by atoms with Gasteiger partial charge in [0.05, 0.1) is 6.10 Å². The van der Waals surface area contributed by atoms with Crippen molar-refractivity contribution in [3.05, 3.63) is 33.3 Å². The minimum atomic E-state index is -0.235. The van der Waals surface area contributed by atoms with E-state index in [9.17, 15) is 5.11 Å². The van der Waals surface area contributed by atoms with Gasteiger partial charge >= 0.3 is 0 Å². The number of nitrogens with zero attached hydrogens (tertiary/aromatic N) is 1. The zero-order chi connectivity index (χ0) is 14.5. The summed E-state index contributed by atoms with van der Waals surface area (Å²) in [5, 5.41) is 10.5. The van der Waals surface area contributed by atoms with Gasteiger partial charge < -0.3 is 5.11 Å². The third kappa shape index (κ3) is 4.73. The first-order valence-electron chi connectivity index (χ1n) is 7.42. The summed E-state index contributed by atoms with van der Waals surface area (Å²) in [6.07, 6.45) is 5.60. The molecule has 20 heavy (non-hydrogen) atoms. The molecule has 1 aromatic rings. The molecule has 0 amide bonds. The first-order chi connectivity index (χ1) is 9.56. The van der Waals surface area contributed by atoms with Crippen molar-refractivity contribution in [2.75, 3.05) is 6.54 Å². The molecule has 2 atom stereocenters. The van der Waals surface area contributed by atoms with E-state index < -0.39 is 0 Å². The second kappa shape index (κ2) is 7.79. The van der Waals surface area contributed by atoms with Gasteiger partial charge in [0.25, 0.3) is 0 Å². The molecule has 0 aromatic heterocycles. The Morgan fingerprint density at radius 2 is 2.20 bits per heavy atom. The van der Waals surface area contributed by atoms with E-state index in [1.807, 2.05) is 19.1 Å². The van der Waals surface area contributed by atoms with Crippen LogP contribution in [0.5, 0.6) is 0 Å². The molecule has 4 heteroatoms. The Morgan fingerprint density at radius 1 is 1.40 bits per heavy atom. The van der Waals surface area contributed by atoms with Gasteiger partial charge in [0.15, 0.2) is 0 Å². The highest BCUT2D eigenvalue weighted by molar-refractivity contribution is 9.10. The van der Waals surface area contributed by atoms with Gasteiger partial charge in [0, 0.05) is 22.1 Å². The van der Waals surface area contributed by atoms with Crippen molar-refractivity contribution in [3.8, 4) is 0 Å². The average molecular weight is 361 g/mol. The molecule has 1 aromatic carbocycles. The average Bonchev–Trinajstić information content (AvgIpc) is 2.58. The van der Waals surface area contributed by atoms with Crippen LogP contribution in [0.25, 0.3) is 0 Å². The minimum Gasteiger partial charge on any atom is -0.393 e. The van der Waals surface area contributed by atoms with Crippen molar-refractivity contribution in [3.63, 3.8) is 0 Å². The SMILES string of the molecule is CC(O)CC1CCCCCN1Cc1ccc(Br)cc1Cl. The molecule has 0 bridgehead atoms. The van der Waals surface area contributed by atoms with Gasteiger partial charge in [-0.25, -0.2) is 0 Å². The molecular weight excluding hydrogens is 338 g/mol. The Morgan fingerprint density at radius 3 is 2.90 bits per heavy atom. The fraction of sp³-hybridized carbons (Fsp3) is 0.625. The summed E-state index contributed by atoms with van der Waals surface area (Å²) in [6, 6.07) is 6.56. The van der Waals surface area contributed by atoms with Crippen LogP contribution in [0.3, 0.4) is 0 Å². The number of hydrogen-bond donors (Lipinski definition) is 1. The summed E-state index contributed by atoms with van der Waals surface area (Å²) in [6.45, 7) is 3.86. The summed E-state index contributed by atoms with van der Waals surface area (Å²) in [4.78, 5) is 2.49. The highest BCUT2D eigenvalue weighted by Gasteiger charge is 2.23. The highest BCUT2D eigenvalue weighted by Crippen LogP contribution is 2.27. The molecule has 112 valence electrons. The lowest BCUT2D eigenvalue weighted by molar-refractivity contribution is 0.108. The van der Waals surface area contributed by atoms with E-state index in [0.717, 1.165) is 29.0 Å². The summed E-state index contributed by atoms with van der Waals surface area (Å²) in [5.74, 6) is 0. The van der Waals surface area contributed by atoms with E-state index >= 15 is 0 Å². The van der Waals surface area contributed by atoms with E-state index in [4.69, 9.17) is 11.6 Å². The van der Waals surface area contributed by atoms with Crippen molar-refractivity contribution in [2.24, 2.45) is 0 Å². The number of likely N-dealkylation sites (tertiary alicyclic amines) is 1. The summed E-state index contributed by atoms with van der Waals surface area (Å²) in [7, 11) is 0. The maximum Gasteiger partial charge on any atom is 0.0527 e. The molecule has 1 fully saturated rings. The lowest BCUT2D eigenvalue weighted by Crippen LogP contribution is -2.36. The molecule has 1 aliphatic rings.